The van der Waals surface area contributed by atoms with Crippen LogP contribution in [0.15, 0.2) is 49.0 Å². The minimum atomic E-state index is -0.119. The summed E-state index contributed by atoms with van der Waals surface area (Å²) in [5.41, 5.74) is 1.42. The lowest BCUT2D eigenvalue weighted by molar-refractivity contribution is 0.0631. The van der Waals surface area contributed by atoms with Crippen molar-refractivity contribution in [2.45, 2.75) is 12.8 Å². The number of phenolic OH excluding ortho intramolecular Hbond substituents is 1. The minimum absolute atomic E-state index is 0.119. The number of nitrogens with zero attached hydrogens (tertiary/aromatic N) is 1. The largest absolute Gasteiger partial charge is 0.507 e. The van der Waals surface area contributed by atoms with Gasteiger partial charge in [-0.3, -0.25) is 9.59 Å². The van der Waals surface area contributed by atoms with Crippen LogP contribution in [0.5, 0.6) is 11.5 Å². The first-order chi connectivity index (χ1) is 13.1. The summed E-state index contributed by atoms with van der Waals surface area (Å²) < 4.78 is 5.90. The van der Waals surface area contributed by atoms with Crippen LogP contribution in [0, 0.1) is 5.92 Å². The van der Waals surface area contributed by atoms with Crippen LogP contribution < -0.4 is 4.74 Å². The van der Waals surface area contributed by atoms with Crippen molar-refractivity contribution in [3.8, 4) is 11.5 Å². The Kier molecular flexibility index (Phi) is 5.91. The molecule has 0 radical (unpaired) electrons. The van der Waals surface area contributed by atoms with Gasteiger partial charge in [-0.15, -0.1) is 0 Å². The summed E-state index contributed by atoms with van der Waals surface area (Å²) in [5, 5.41) is 9.89. The summed E-state index contributed by atoms with van der Waals surface area (Å²) in [5.74, 6) is 0.783. The van der Waals surface area contributed by atoms with E-state index in [0.717, 1.165) is 19.1 Å². The Morgan fingerprint density at radius 1 is 1.26 bits per heavy atom. The van der Waals surface area contributed by atoms with Crippen molar-refractivity contribution in [1.82, 2.24) is 4.90 Å². The lowest BCUT2D eigenvalue weighted by Gasteiger charge is -2.33. The molecular formula is C22H23NO4. The summed E-state index contributed by atoms with van der Waals surface area (Å²) in [4.78, 5) is 25.8. The molecule has 0 bridgehead atoms. The second-order valence-corrected chi connectivity index (χ2v) is 6.67. The van der Waals surface area contributed by atoms with Gasteiger partial charge in [0.1, 0.15) is 11.5 Å². The van der Waals surface area contributed by atoms with Gasteiger partial charge in [0, 0.05) is 24.6 Å². The monoisotopic (exact) mass is 365 g/mol. The number of phenols is 1. The van der Waals surface area contributed by atoms with E-state index in [1.54, 1.807) is 53.4 Å². The molecule has 0 spiro atoms. The van der Waals surface area contributed by atoms with E-state index in [1.165, 1.54) is 0 Å². The second-order valence-electron chi connectivity index (χ2n) is 6.67. The first kappa shape index (κ1) is 18.7. The van der Waals surface area contributed by atoms with Gasteiger partial charge in [-0.1, -0.05) is 36.9 Å². The van der Waals surface area contributed by atoms with Crippen molar-refractivity contribution in [2.75, 3.05) is 19.7 Å². The zero-order valence-corrected chi connectivity index (χ0v) is 15.1. The van der Waals surface area contributed by atoms with Crippen molar-refractivity contribution < 1.29 is 19.4 Å². The molecule has 0 saturated carbocycles. The van der Waals surface area contributed by atoms with Crippen LogP contribution in [-0.4, -0.2) is 41.9 Å². The molecular weight excluding hydrogens is 342 g/mol. The molecule has 5 nitrogen and oxygen atoms in total. The molecule has 5 heteroatoms. The Morgan fingerprint density at radius 2 is 2.07 bits per heavy atom. The van der Waals surface area contributed by atoms with Crippen molar-refractivity contribution in [3.05, 3.63) is 65.7 Å². The average molecular weight is 365 g/mol. The molecule has 3 rings (SSSR count). The highest BCUT2D eigenvalue weighted by Crippen LogP contribution is 2.29. The van der Waals surface area contributed by atoms with Gasteiger partial charge in [-0.05, 0) is 31.0 Å². The molecule has 1 atom stereocenters. The van der Waals surface area contributed by atoms with Crippen LogP contribution in [0.25, 0.3) is 6.08 Å². The van der Waals surface area contributed by atoms with E-state index in [9.17, 15) is 14.7 Å². The minimum Gasteiger partial charge on any atom is -0.507 e. The van der Waals surface area contributed by atoms with Crippen molar-refractivity contribution in [2.24, 2.45) is 5.92 Å². The molecule has 27 heavy (non-hydrogen) atoms. The number of aldehydes is 1. The lowest BCUT2D eigenvalue weighted by atomic mass is 9.97. The molecule has 0 unspecified atom stereocenters. The molecule has 140 valence electrons. The highest BCUT2D eigenvalue weighted by Gasteiger charge is 2.26. The quantitative estimate of drug-likeness (QED) is 0.791. The van der Waals surface area contributed by atoms with E-state index in [2.05, 4.69) is 6.58 Å². The van der Waals surface area contributed by atoms with Gasteiger partial charge in [0.2, 0.25) is 0 Å². The Hall–Kier alpha value is -3.08. The van der Waals surface area contributed by atoms with E-state index in [4.69, 9.17) is 4.74 Å². The maximum Gasteiger partial charge on any atom is 0.254 e. The molecule has 2 aromatic rings. The summed E-state index contributed by atoms with van der Waals surface area (Å²) >= 11 is 0. The number of rotatable bonds is 6. The molecule has 1 aliphatic rings. The third kappa shape index (κ3) is 4.19. The SMILES string of the molecule is C=Cc1c(O)cccc1OC[C@H]1CCCN(C(=O)c2ccccc2C=O)C1. The van der Waals surface area contributed by atoms with E-state index in [1.807, 2.05) is 0 Å². The fraction of sp³-hybridized carbons (Fsp3) is 0.273. The number of hydrogen-bond donors (Lipinski definition) is 1. The fourth-order valence-electron chi connectivity index (χ4n) is 3.42. The highest BCUT2D eigenvalue weighted by atomic mass is 16.5. The number of benzene rings is 2. The topological polar surface area (TPSA) is 66.8 Å². The Labute approximate surface area is 158 Å². The predicted octanol–water partition coefficient (Wildman–Crippen LogP) is 3.78. The van der Waals surface area contributed by atoms with Gasteiger partial charge in [0.15, 0.2) is 6.29 Å². The molecule has 2 aromatic carbocycles. The smallest absolute Gasteiger partial charge is 0.254 e. The third-order valence-electron chi connectivity index (χ3n) is 4.85. The summed E-state index contributed by atoms with van der Waals surface area (Å²) in [6.07, 6.45) is 4.13. The number of likely N-dealkylation sites (tertiary alicyclic amines) is 1. The van der Waals surface area contributed by atoms with Crippen molar-refractivity contribution >= 4 is 18.3 Å². The van der Waals surface area contributed by atoms with Gasteiger partial charge < -0.3 is 14.7 Å². The van der Waals surface area contributed by atoms with E-state index in [0.29, 0.717) is 42.1 Å². The van der Waals surface area contributed by atoms with Gasteiger partial charge in [0.25, 0.3) is 5.91 Å². The highest BCUT2D eigenvalue weighted by molar-refractivity contribution is 6.01. The van der Waals surface area contributed by atoms with Crippen molar-refractivity contribution in [3.63, 3.8) is 0 Å². The summed E-state index contributed by atoms with van der Waals surface area (Å²) in [6.45, 7) is 5.41. The number of ether oxygens (including phenoxy) is 1. The zero-order valence-electron chi connectivity index (χ0n) is 15.1. The molecule has 1 aliphatic heterocycles. The second kappa shape index (κ2) is 8.54. The Morgan fingerprint density at radius 3 is 2.85 bits per heavy atom. The predicted molar refractivity (Wildman–Crippen MR) is 104 cm³/mol. The number of hydrogen-bond acceptors (Lipinski definition) is 4. The third-order valence-corrected chi connectivity index (χ3v) is 4.85. The first-order valence-electron chi connectivity index (χ1n) is 9.04. The van der Waals surface area contributed by atoms with Gasteiger partial charge in [-0.2, -0.15) is 0 Å². The molecule has 0 aliphatic carbocycles. The van der Waals surface area contributed by atoms with Crippen LogP contribution >= 0.6 is 0 Å². The fourth-order valence-corrected chi connectivity index (χ4v) is 3.42. The molecule has 0 aromatic heterocycles. The lowest BCUT2D eigenvalue weighted by Crippen LogP contribution is -2.41. The zero-order chi connectivity index (χ0) is 19.2. The van der Waals surface area contributed by atoms with Gasteiger partial charge in [-0.25, -0.2) is 0 Å². The van der Waals surface area contributed by atoms with Gasteiger partial charge in [0.05, 0.1) is 17.7 Å². The Balaban J connectivity index is 1.66. The average Bonchev–Trinajstić information content (AvgIpc) is 2.72. The van der Waals surface area contributed by atoms with Crippen LogP contribution in [0.3, 0.4) is 0 Å². The standard InChI is InChI=1S/C22H23NO4/c1-2-18-20(25)10-5-11-21(18)27-15-16-7-6-12-23(13-16)22(26)19-9-4-3-8-17(19)14-24/h2-5,8-11,14,16,25H,1,6-7,12-13,15H2/t16-/m0/s1. The molecule has 1 saturated heterocycles. The van der Waals surface area contributed by atoms with Crippen LogP contribution in [-0.2, 0) is 0 Å². The van der Waals surface area contributed by atoms with Crippen LogP contribution in [0.2, 0.25) is 0 Å². The van der Waals surface area contributed by atoms with Crippen LogP contribution in [0.4, 0.5) is 0 Å². The summed E-state index contributed by atoms with van der Waals surface area (Å²) in [6, 6.07) is 12.0. The number of aromatic hydroxyl groups is 1. The maximum atomic E-state index is 12.8. The molecule has 1 fully saturated rings. The van der Waals surface area contributed by atoms with Crippen molar-refractivity contribution in [1.29, 1.82) is 0 Å². The number of piperidine rings is 1. The van der Waals surface area contributed by atoms with E-state index >= 15 is 0 Å². The van der Waals surface area contributed by atoms with E-state index in [-0.39, 0.29) is 17.6 Å². The normalized spacial score (nSPS) is 16.6. The van der Waals surface area contributed by atoms with Crippen LogP contribution in [0.1, 0.15) is 39.1 Å². The number of carbonyl (C=O) groups is 2. The molecule has 1 amide bonds. The number of amides is 1. The number of carbonyl (C=O) groups excluding carboxylic acids is 2. The Bertz CT molecular complexity index is 846. The summed E-state index contributed by atoms with van der Waals surface area (Å²) in [7, 11) is 0. The molecule has 1 N–H and O–H groups in total. The molecule has 1 heterocycles. The van der Waals surface area contributed by atoms with Gasteiger partial charge >= 0.3 is 0 Å². The maximum absolute atomic E-state index is 12.8. The van der Waals surface area contributed by atoms with E-state index < -0.39 is 0 Å². The first-order valence-corrected chi connectivity index (χ1v) is 9.04.